The van der Waals surface area contributed by atoms with Crippen molar-refractivity contribution in [3.05, 3.63) is 0 Å². The van der Waals surface area contributed by atoms with Gasteiger partial charge in [0.1, 0.15) is 18.1 Å². The van der Waals surface area contributed by atoms with E-state index >= 15 is 0 Å². The highest BCUT2D eigenvalue weighted by atomic mass is 16.4. The molecule has 0 aromatic rings. The Labute approximate surface area is 171 Å². The van der Waals surface area contributed by atoms with E-state index in [1.807, 2.05) is 5.32 Å². The van der Waals surface area contributed by atoms with Crippen LogP contribution >= 0.6 is 0 Å². The van der Waals surface area contributed by atoms with E-state index in [4.69, 9.17) is 26.8 Å². The monoisotopic (exact) mass is 433 g/mol. The molecule has 4 atom stereocenters. The number of hydrogen-bond donors (Lipinski definition) is 8. The third-order valence-electron chi connectivity index (χ3n) is 3.87. The maximum absolute atomic E-state index is 12.4. The molecule has 0 rings (SSSR count). The fourth-order valence-corrected chi connectivity index (χ4v) is 2.11. The van der Waals surface area contributed by atoms with Crippen LogP contribution in [0.3, 0.4) is 0 Å². The van der Waals surface area contributed by atoms with Gasteiger partial charge >= 0.3 is 11.9 Å². The van der Waals surface area contributed by atoms with Gasteiger partial charge in [0, 0.05) is 12.8 Å². The number of carbonyl (C=O) groups is 6. The van der Waals surface area contributed by atoms with E-state index < -0.39 is 72.8 Å². The molecule has 4 unspecified atom stereocenters. The number of primary amides is 1. The number of carboxylic acid groups (broad SMARTS) is 2. The molecule has 14 nitrogen and oxygen atoms in total. The van der Waals surface area contributed by atoms with Crippen LogP contribution in [0.25, 0.3) is 0 Å². The molecule has 0 aliphatic heterocycles. The Kier molecular flexibility index (Phi) is 11.6. The van der Waals surface area contributed by atoms with Gasteiger partial charge in [-0.15, -0.1) is 0 Å². The number of aliphatic hydroxyl groups is 1. The van der Waals surface area contributed by atoms with E-state index in [0.717, 1.165) is 0 Å². The minimum atomic E-state index is -1.58. The largest absolute Gasteiger partial charge is 0.481 e. The van der Waals surface area contributed by atoms with Gasteiger partial charge in [-0.1, -0.05) is 0 Å². The van der Waals surface area contributed by atoms with Crippen LogP contribution in [0.2, 0.25) is 0 Å². The van der Waals surface area contributed by atoms with Crippen LogP contribution in [-0.4, -0.2) is 81.7 Å². The molecule has 0 saturated heterocycles. The molecule has 0 aromatic carbocycles. The molecule has 0 heterocycles. The van der Waals surface area contributed by atoms with Crippen LogP contribution in [-0.2, 0) is 28.8 Å². The molecule has 4 amide bonds. The van der Waals surface area contributed by atoms with Crippen molar-refractivity contribution in [2.45, 2.75) is 56.8 Å². The Balaban J connectivity index is 5.05. The first-order valence-electron chi connectivity index (χ1n) is 8.89. The minimum Gasteiger partial charge on any atom is -0.481 e. The summed E-state index contributed by atoms with van der Waals surface area (Å²) in [4.78, 5) is 68.9. The van der Waals surface area contributed by atoms with Gasteiger partial charge in [0.25, 0.3) is 0 Å². The van der Waals surface area contributed by atoms with E-state index in [1.165, 1.54) is 6.92 Å². The lowest BCUT2D eigenvalue weighted by atomic mass is 10.1. The van der Waals surface area contributed by atoms with Crippen molar-refractivity contribution >= 4 is 35.6 Å². The molecule has 30 heavy (non-hydrogen) atoms. The number of aliphatic carboxylic acids is 2. The summed E-state index contributed by atoms with van der Waals surface area (Å²) in [5.41, 5.74) is 10.6. The van der Waals surface area contributed by atoms with Crippen LogP contribution in [0.5, 0.6) is 0 Å². The zero-order valence-corrected chi connectivity index (χ0v) is 16.3. The third kappa shape index (κ3) is 10.3. The van der Waals surface area contributed by atoms with Gasteiger partial charge in [0.05, 0.1) is 12.6 Å². The average molecular weight is 433 g/mol. The summed E-state index contributed by atoms with van der Waals surface area (Å²) in [6, 6.07) is -5.39. The number of rotatable bonds is 14. The minimum absolute atomic E-state index is 0.0923. The first-order valence-corrected chi connectivity index (χ1v) is 8.89. The predicted octanol–water partition coefficient (Wildman–Crippen LogP) is -4.00. The molecule has 0 aliphatic rings. The molecule has 170 valence electrons. The maximum atomic E-state index is 12.4. The average Bonchev–Trinajstić information content (AvgIpc) is 2.65. The van der Waals surface area contributed by atoms with Crippen LogP contribution < -0.4 is 27.4 Å². The van der Waals surface area contributed by atoms with Crippen molar-refractivity contribution < 1.29 is 44.1 Å². The van der Waals surface area contributed by atoms with Gasteiger partial charge in [-0.25, -0.2) is 4.79 Å². The number of carbonyl (C=O) groups excluding carboxylic acids is 4. The Bertz CT molecular complexity index is 669. The molecule has 0 fully saturated rings. The molecule has 0 radical (unpaired) electrons. The number of hydrogen-bond acceptors (Lipinski definition) is 8. The van der Waals surface area contributed by atoms with Crippen molar-refractivity contribution in [2.24, 2.45) is 11.5 Å². The zero-order chi connectivity index (χ0) is 23.4. The van der Waals surface area contributed by atoms with E-state index in [1.54, 1.807) is 0 Å². The van der Waals surface area contributed by atoms with Crippen molar-refractivity contribution in [3.63, 3.8) is 0 Å². The van der Waals surface area contributed by atoms with Crippen LogP contribution in [0.15, 0.2) is 0 Å². The highest BCUT2D eigenvalue weighted by Gasteiger charge is 2.28. The molecule has 14 heteroatoms. The lowest BCUT2D eigenvalue weighted by molar-refractivity contribution is -0.143. The summed E-state index contributed by atoms with van der Waals surface area (Å²) in [6.07, 6.45) is -1.07. The molecular weight excluding hydrogens is 406 g/mol. The second kappa shape index (κ2) is 13.1. The fraction of sp³-hybridized carbons (Fsp3) is 0.625. The molecular formula is C16H27N5O9. The number of carboxylic acids is 2. The van der Waals surface area contributed by atoms with Crippen LogP contribution in [0, 0.1) is 0 Å². The lowest BCUT2D eigenvalue weighted by Gasteiger charge is -2.23. The van der Waals surface area contributed by atoms with Crippen LogP contribution in [0.4, 0.5) is 0 Å². The SMILES string of the molecule is CC(NC(=O)C(CCC(=O)O)NC(=O)C(N)CCC(N)=O)C(=O)NC(CO)C(=O)O. The predicted molar refractivity (Wildman–Crippen MR) is 99.5 cm³/mol. The third-order valence-corrected chi connectivity index (χ3v) is 3.87. The second-order valence-electron chi connectivity index (χ2n) is 6.42. The summed E-state index contributed by atoms with van der Waals surface area (Å²) in [5.74, 6) is -6.07. The van der Waals surface area contributed by atoms with Crippen molar-refractivity contribution in [3.8, 4) is 0 Å². The number of aliphatic hydroxyl groups excluding tert-OH is 1. The van der Waals surface area contributed by atoms with E-state index in [9.17, 15) is 28.8 Å². The van der Waals surface area contributed by atoms with Gasteiger partial charge < -0.3 is 42.7 Å². The molecule has 10 N–H and O–H groups in total. The quantitative estimate of drug-likeness (QED) is 0.132. The lowest BCUT2D eigenvalue weighted by Crippen LogP contribution is -2.56. The number of amides is 4. The summed E-state index contributed by atoms with van der Waals surface area (Å²) in [7, 11) is 0. The molecule has 0 bridgehead atoms. The van der Waals surface area contributed by atoms with E-state index in [0.29, 0.717) is 0 Å². The summed E-state index contributed by atoms with van der Waals surface area (Å²) < 4.78 is 0. The molecule has 0 aliphatic carbocycles. The van der Waals surface area contributed by atoms with Gasteiger partial charge in [-0.3, -0.25) is 24.0 Å². The summed E-state index contributed by atoms with van der Waals surface area (Å²) in [6.45, 7) is 0.348. The first kappa shape index (κ1) is 26.7. The van der Waals surface area contributed by atoms with Gasteiger partial charge in [-0.2, -0.15) is 0 Å². The Hall–Kier alpha value is -3.26. The van der Waals surface area contributed by atoms with Gasteiger partial charge in [-0.05, 0) is 19.8 Å². The zero-order valence-electron chi connectivity index (χ0n) is 16.3. The second-order valence-corrected chi connectivity index (χ2v) is 6.42. The molecule has 0 aromatic heterocycles. The van der Waals surface area contributed by atoms with E-state index in [2.05, 4.69) is 10.6 Å². The highest BCUT2D eigenvalue weighted by Crippen LogP contribution is 2.02. The molecule has 0 saturated carbocycles. The normalized spacial score (nSPS) is 14.5. The number of nitrogens with one attached hydrogen (secondary N) is 3. The molecule has 0 spiro atoms. The van der Waals surface area contributed by atoms with Crippen molar-refractivity contribution in [1.82, 2.24) is 16.0 Å². The van der Waals surface area contributed by atoms with Crippen molar-refractivity contribution in [1.29, 1.82) is 0 Å². The Morgan fingerprint density at radius 2 is 1.40 bits per heavy atom. The van der Waals surface area contributed by atoms with Gasteiger partial charge in [0.15, 0.2) is 0 Å². The topological polar surface area (TPSA) is 251 Å². The fourth-order valence-electron chi connectivity index (χ4n) is 2.11. The summed E-state index contributed by atoms with van der Waals surface area (Å²) in [5, 5.41) is 33.0. The number of nitrogens with two attached hydrogens (primary N) is 2. The van der Waals surface area contributed by atoms with Gasteiger partial charge in [0.2, 0.25) is 23.6 Å². The Morgan fingerprint density at radius 3 is 1.87 bits per heavy atom. The maximum Gasteiger partial charge on any atom is 0.328 e. The van der Waals surface area contributed by atoms with Crippen LogP contribution in [0.1, 0.15) is 32.6 Å². The Morgan fingerprint density at radius 1 is 0.833 bits per heavy atom. The highest BCUT2D eigenvalue weighted by molar-refractivity contribution is 5.94. The first-order chi connectivity index (χ1) is 13.9. The summed E-state index contributed by atoms with van der Waals surface area (Å²) >= 11 is 0. The van der Waals surface area contributed by atoms with E-state index in [-0.39, 0.29) is 19.3 Å². The standard InChI is InChI=1S/C16H27N5O9/c1-7(13(26)21-10(6-22)16(29)30)19-15(28)9(3-5-12(24)25)20-14(27)8(17)2-4-11(18)23/h7-10,22H,2-6,17H2,1H3,(H2,18,23)(H,19,28)(H,20,27)(H,21,26)(H,24,25)(H,29,30). The smallest absolute Gasteiger partial charge is 0.328 e. The van der Waals surface area contributed by atoms with Crippen molar-refractivity contribution in [2.75, 3.05) is 6.61 Å².